The second kappa shape index (κ2) is 7.06. The number of rotatable bonds is 5. The summed E-state index contributed by atoms with van der Waals surface area (Å²) in [5.41, 5.74) is 1.29. The molecule has 3 N–H and O–H groups in total. The van der Waals surface area contributed by atoms with Crippen molar-refractivity contribution >= 4 is 5.91 Å². The zero-order valence-corrected chi connectivity index (χ0v) is 14.3. The summed E-state index contributed by atoms with van der Waals surface area (Å²) in [6.07, 6.45) is 2.91. The van der Waals surface area contributed by atoms with Crippen LogP contribution in [0, 0.1) is 6.92 Å². The first-order valence-electron chi connectivity index (χ1n) is 8.32. The summed E-state index contributed by atoms with van der Waals surface area (Å²) >= 11 is 0. The van der Waals surface area contributed by atoms with Gasteiger partial charge in [-0.2, -0.15) is 0 Å². The Bertz CT molecular complexity index is 894. The van der Waals surface area contributed by atoms with Gasteiger partial charge in [0.15, 0.2) is 0 Å². The molecule has 0 atom stereocenters. The van der Waals surface area contributed by atoms with Crippen LogP contribution in [0.25, 0.3) is 0 Å². The molecule has 25 heavy (non-hydrogen) atoms. The van der Waals surface area contributed by atoms with Gasteiger partial charge in [0.1, 0.15) is 5.56 Å². The molecule has 1 aromatic heterocycles. The fraction of sp³-hybridized carbons (Fsp3) is 0.389. The van der Waals surface area contributed by atoms with E-state index in [1.807, 2.05) is 12.1 Å². The third kappa shape index (κ3) is 3.88. The van der Waals surface area contributed by atoms with Gasteiger partial charge in [0.05, 0.1) is 0 Å². The number of hydrogen-bond acceptors (Lipinski definition) is 4. The van der Waals surface area contributed by atoms with Crippen molar-refractivity contribution in [3.05, 3.63) is 68.0 Å². The van der Waals surface area contributed by atoms with Crippen LogP contribution in [0.4, 0.5) is 0 Å². The number of benzene rings is 1. The van der Waals surface area contributed by atoms with E-state index in [9.17, 15) is 14.4 Å². The first kappa shape index (κ1) is 17.2. The van der Waals surface area contributed by atoms with E-state index in [1.165, 1.54) is 28.9 Å². The first-order chi connectivity index (χ1) is 11.9. The molecule has 1 amide bonds. The standard InChI is InChI=1S/C18H22N4O3/c1-11-5-3-4-6-12(11)9-19-13-7-14(8-13)20-16(23)15-10-22(2)18(25)21-17(15)24/h3-6,10,13-14,19H,7-9H2,1-2H3,(H,20,23)(H,21,24,25). The minimum absolute atomic E-state index is 0.0403. The Balaban J connectivity index is 1.50. The molecule has 0 bridgehead atoms. The lowest BCUT2D eigenvalue weighted by Gasteiger charge is -2.36. The lowest BCUT2D eigenvalue weighted by atomic mass is 9.86. The van der Waals surface area contributed by atoms with E-state index in [0.29, 0.717) is 6.04 Å². The van der Waals surface area contributed by atoms with Gasteiger partial charge < -0.3 is 15.2 Å². The van der Waals surface area contributed by atoms with Crippen molar-refractivity contribution in [3.8, 4) is 0 Å². The van der Waals surface area contributed by atoms with Gasteiger partial charge in [-0.05, 0) is 30.9 Å². The Hall–Kier alpha value is -2.67. The number of nitrogens with zero attached hydrogens (tertiary/aromatic N) is 1. The molecule has 0 aliphatic heterocycles. The minimum Gasteiger partial charge on any atom is -0.349 e. The van der Waals surface area contributed by atoms with Crippen LogP contribution in [0.5, 0.6) is 0 Å². The topological polar surface area (TPSA) is 96.0 Å². The third-order valence-corrected chi connectivity index (χ3v) is 4.67. The number of amides is 1. The molecule has 2 aromatic rings. The monoisotopic (exact) mass is 342 g/mol. The smallest absolute Gasteiger partial charge is 0.328 e. The fourth-order valence-electron chi connectivity index (χ4n) is 2.95. The second-order valence-electron chi connectivity index (χ2n) is 6.56. The fourth-order valence-corrected chi connectivity index (χ4v) is 2.95. The minimum atomic E-state index is -0.658. The number of carbonyl (C=O) groups excluding carboxylic acids is 1. The maximum atomic E-state index is 12.2. The van der Waals surface area contributed by atoms with E-state index in [-0.39, 0.29) is 11.6 Å². The summed E-state index contributed by atoms with van der Waals surface area (Å²) in [6.45, 7) is 2.89. The highest BCUT2D eigenvalue weighted by Crippen LogP contribution is 2.21. The average molecular weight is 342 g/mol. The van der Waals surface area contributed by atoms with Gasteiger partial charge in [0.25, 0.3) is 11.5 Å². The summed E-state index contributed by atoms with van der Waals surface area (Å²) in [4.78, 5) is 37.4. The van der Waals surface area contributed by atoms with Crippen LogP contribution in [-0.4, -0.2) is 27.5 Å². The molecule has 1 fully saturated rings. The number of carbonyl (C=O) groups is 1. The molecule has 1 aliphatic carbocycles. The van der Waals surface area contributed by atoms with Gasteiger partial charge in [-0.15, -0.1) is 0 Å². The number of aromatic nitrogens is 2. The molecule has 1 heterocycles. The maximum Gasteiger partial charge on any atom is 0.328 e. The van der Waals surface area contributed by atoms with Crippen molar-refractivity contribution < 1.29 is 4.79 Å². The number of aryl methyl sites for hydroxylation is 2. The van der Waals surface area contributed by atoms with Crippen molar-refractivity contribution in [1.82, 2.24) is 20.2 Å². The van der Waals surface area contributed by atoms with Gasteiger partial charge in [-0.3, -0.25) is 14.6 Å². The molecule has 0 saturated heterocycles. The number of H-pyrrole nitrogens is 1. The van der Waals surface area contributed by atoms with Crippen molar-refractivity contribution in [1.29, 1.82) is 0 Å². The predicted molar refractivity (Wildman–Crippen MR) is 94.6 cm³/mol. The Kier molecular flexibility index (Phi) is 4.85. The summed E-state index contributed by atoms with van der Waals surface area (Å²) in [5, 5.41) is 6.33. The van der Waals surface area contributed by atoms with E-state index >= 15 is 0 Å². The Morgan fingerprint density at radius 1 is 1.24 bits per heavy atom. The van der Waals surface area contributed by atoms with Crippen LogP contribution >= 0.6 is 0 Å². The first-order valence-corrected chi connectivity index (χ1v) is 8.32. The van der Waals surface area contributed by atoms with E-state index in [0.717, 1.165) is 19.4 Å². The van der Waals surface area contributed by atoms with Crippen LogP contribution in [0.1, 0.15) is 34.3 Å². The number of nitrogens with one attached hydrogen (secondary N) is 3. The highest BCUT2D eigenvalue weighted by atomic mass is 16.2. The third-order valence-electron chi connectivity index (χ3n) is 4.67. The summed E-state index contributed by atoms with van der Waals surface area (Å²) < 4.78 is 1.18. The summed E-state index contributed by atoms with van der Waals surface area (Å²) in [7, 11) is 1.49. The average Bonchev–Trinajstić information content (AvgIpc) is 2.54. The molecule has 1 aromatic carbocycles. The zero-order chi connectivity index (χ0) is 18.0. The van der Waals surface area contributed by atoms with Gasteiger partial charge in [0, 0.05) is 31.9 Å². The van der Waals surface area contributed by atoms with Gasteiger partial charge >= 0.3 is 5.69 Å². The van der Waals surface area contributed by atoms with Crippen molar-refractivity contribution in [3.63, 3.8) is 0 Å². The predicted octanol–water partition coefficient (Wildman–Crippen LogP) is 0.433. The highest BCUT2D eigenvalue weighted by molar-refractivity contribution is 5.93. The lowest BCUT2D eigenvalue weighted by Crippen LogP contribution is -2.53. The molecule has 7 heteroatoms. The van der Waals surface area contributed by atoms with Crippen molar-refractivity contribution in [2.45, 2.75) is 38.4 Å². The van der Waals surface area contributed by atoms with Crippen LogP contribution in [0.3, 0.4) is 0 Å². The summed E-state index contributed by atoms with van der Waals surface area (Å²) in [6, 6.07) is 8.63. The van der Waals surface area contributed by atoms with E-state index in [4.69, 9.17) is 0 Å². The Morgan fingerprint density at radius 3 is 2.68 bits per heavy atom. The Labute approximate surface area is 145 Å². The molecular formula is C18H22N4O3. The largest absolute Gasteiger partial charge is 0.349 e. The molecule has 132 valence electrons. The summed E-state index contributed by atoms with van der Waals surface area (Å²) in [5.74, 6) is -0.445. The normalized spacial score (nSPS) is 19.3. The highest BCUT2D eigenvalue weighted by Gasteiger charge is 2.30. The Morgan fingerprint density at radius 2 is 1.96 bits per heavy atom. The number of aromatic amines is 1. The SMILES string of the molecule is Cc1ccccc1CNC1CC(NC(=O)c2cn(C)c(=O)[nH]c2=O)C1. The maximum absolute atomic E-state index is 12.2. The molecule has 1 saturated carbocycles. The molecule has 0 radical (unpaired) electrons. The molecule has 3 rings (SSSR count). The zero-order valence-electron chi connectivity index (χ0n) is 14.3. The molecule has 1 aliphatic rings. The van der Waals surface area contributed by atoms with Crippen LogP contribution in [0.2, 0.25) is 0 Å². The van der Waals surface area contributed by atoms with Gasteiger partial charge in [-0.25, -0.2) is 4.79 Å². The van der Waals surface area contributed by atoms with E-state index in [2.05, 4.69) is 34.7 Å². The van der Waals surface area contributed by atoms with Crippen molar-refractivity contribution in [2.24, 2.45) is 7.05 Å². The molecule has 7 nitrogen and oxygen atoms in total. The van der Waals surface area contributed by atoms with E-state index in [1.54, 1.807) is 0 Å². The lowest BCUT2D eigenvalue weighted by molar-refractivity contribution is 0.0899. The number of hydrogen-bond donors (Lipinski definition) is 3. The molecular weight excluding hydrogens is 320 g/mol. The quantitative estimate of drug-likeness (QED) is 0.734. The molecule has 0 unspecified atom stereocenters. The van der Waals surface area contributed by atoms with E-state index < -0.39 is 17.2 Å². The molecule has 0 spiro atoms. The van der Waals surface area contributed by atoms with Gasteiger partial charge in [0.2, 0.25) is 0 Å². The van der Waals surface area contributed by atoms with Crippen LogP contribution < -0.4 is 21.9 Å². The van der Waals surface area contributed by atoms with Crippen LogP contribution in [0.15, 0.2) is 40.1 Å². The second-order valence-corrected chi connectivity index (χ2v) is 6.56. The van der Waals surface area contributed by atoms with Crippen molar-refractivity contribution in [2.75, 3.05) is 0 Å². The van der Waals surface area contributed by atoms with Gasteiger partial charge in [-0.1, -0.05) is 24.3 Å². The van der Waals surface area contributed by atoms with Crippen LogP contribution in [-0.2, 0) is 13.6 Å².